The van der Waals surface area contributed by atoms with E-state index >= 15 is 0 Å². The molecule has 4 rings (SSSR count). The van der Waals surface area contributed by atoms with Gasteiger partial charge in [0.1, 0.15) is 5.82 Å². The molecule has 1 aromatic heterocycles. The highest BCUT2D eigenvalue weighted by Gasteiger charge is 2.19. The van der Waals surface area contributed by atoms with Gasteiger partial charge in [0.15, 0.2) is 0 Å². The van der Waals surface area contributed by atoms with E-state index in [0.29, 0.717) is 6.42 Å². The van der Waals surface area contributed by atoms with Crippen molar-refractivity contribution in [2.45, 2.75) is 19.4 Å². The van der Waals surface area contributed by atoms with Gasteiger partial charge in [0.25, 0.3) is 0 Å². The number of H-pyrrole nitrogens is 1. The minimum absolute atomic E-state index is 0.257. The first kappa shape index (κ1) is 17.8. The lowest BCUT2D eigenvalue weighted by Crippen LogP contribution is -2.34. The molecule has 2 amide bonds. The van der Waals surface area contributed by atoms with Crippen molar-refractivity contribution < 1.29 is 4.79 Å². The van der Waals surface area contributed by atoms with Crippen LogP contribution in [0.3, 0.4) is 0 Å². The maximum absolute atomic E-state index is 12.6. The largest absolute Gasteiger partial charge is 0.340 e. The summed E-state index contributed by atoms with van der Waals surface area (Å²) in [6, 6.07) is 25.1. The number of aromatic amines is 1. The zero-order chi connectivity index (χ0) is 19.3. The first-order valence-electron chi connectivity index (χ1n) is 9.30. The van der Waals surface area contributed by atoms with Gasteiger partial charge in [0, 0.05) is 5.69 Å². The summed E-state index contributed by atoms with van der Waals surface area (Å²) in [5.41, 5.74) is 4.83. The fourth-order valence-corrected chi connectivity index (χ4v) is 3.25. The van der Waals surface area contributed by atoms with Gasteiger partial charge in [-0.3, -0.25) is 0 Å². The number of aryl methyl sites for hydroxylation is 1. The summed E-state index contributed by atoms with van der Waals surface area (Å²) < 4.78 is 0. The number of urea groups is 1. The average Bonchev–Trinajstić information content (AvgIpc) is 3.12. The normalized spacial score (nSPS) is 11.9. The van der Waals surface area contributed by atoms with Crippen molar-refractivity contribution in [2.75, 3.05) is 5.32 Å². The summed E-state index contributed by atoms with van der Waals surface area (Å²) in [6.07, 6.45) is 0.641. The third-order valence-electron chi connectivity index (χ3n) is 4.60. The van der Waals surface area contributed by atoms with Crippen LogP contribution in [0.5, 0.6) is 0 Å². The van der Waals surface area contributed by atoms with Gasteiger partial charge in [0.2, 0.25) is 0 Å². The SMILES string of the molecule is Cc1cccc(NC(=O)NC(Cc2ccccc2)c2nc3ccccc3[nH]2)c1. The first-order chi connectivity index (χ1) is 13.7. The van der Waals surface area contributed by atoms with Crippen LogP contribution in [0.15, 0.2) is 78.9 Å². The van der Waals surface area contributed by atoms with E-state index < -0.39 is 0 Å². The van der Waals surface area contributed by atoms with Crippen molar-refractivity contribution in [3.63, 3.8) is 0 Å². The Morgan fingerprint density at radius 1 is 1.00 bits per heavy atom. The molecule has 0 aliphatic heterocycles. The topological polar surface area (TPSA) is 69.8 Å². The number of amides is 2. The van der Waals surface area contributed by atoms with Gasteiger partial charge in [-0.05, 0) is 48.7 Å². The maximum Gasteiger partial charge on any atom is 0.319 e. The van der Waals surface area contributed by atoms with Crippen LogP contribution in [0.2, 0.25) is 0 Å². The number of nitrogens with zero attached hydrogens (tertiary/aromatic N) is 1. The van der Waals surface area contributed by atoms with Crippen LogP contribution in [0.4, 0.5) is 10.5 Å². The molecule has 0 aliphatic carbocycles. The average molecular weight is 370 g/mol. The number of aromatic nitrogens is 2. The molecule has 3 N–H and O–H groups in total. The molecule has 0 radical (unpaired) electrons. The zero-order valence-corrected chi connectivity index (χ0v) is 15.6. The highest BCUT2D eigenvalue weighted by atomic mass is 16.2. The quantitative estimate of drug-likeness (QED) is 0.464. The molecular weight excluding hydrogens is 348 g/mol. The van der Waals surface area contributed by atoms with Crippen molar-refractivity contribution >= 4 is 22.8 Å². The van der Waals surface area contributed by atoms with Gasteiger partial charge >= 0.3 is 6.03 Å². The summed E-state index contributed by atoms with van der Waals surface area (Å²) in [7, 11) is 0. The molecule has 0 spiro atoms. The molecule has 28 heavy (non-hydrogen) atoms. The summed E-state index contributed by atoms with van der Waals surface area (Å²) in [6.45, 7) is 2.00. The second-order valence-corrected chi connectivity index (χ2v) is 6.85. The van der Waals surface area contributed by atoms with Gasteiger partial charge in [0.05, 0.1) is 17.1 Å². The Morgan fingerprint density at radius 2 is 1.79 bits per heavy atom. The third-order valence-corrected chi connectivity index (χ3v) is 4.60. The Kier molecular flexibility index (Phi) is 5.06. The predicted octanol–water partition coefficient (Wildman–Crippen LogP) is 4.98. The van der Waals surface area contributed by atoms with E-state index in [-0.39, 0.29) is 12.1 Å². The Balaban J connectivity index is 1.58. The number of carbonyl (C=O) groups is 1. The minimum Gasteiger partial charge on any atom is -0.340 e. The Labute approximate surface area is 163 Å². The molecule has 5 nitrogen and oxygen atoms in total. The molecule has 0 fully saturated rings. The minimum atomic E-state index is -0.278. The van der Waals surface area contributed by atoms with Crippen LogP contribution in [-0.4, -0.2) is 16.0 Å². The van der Waals surface area contributed by atoms with Gasteiger partial charge in [-0.25, -0.2) is 9.78 Å². The summed E-state index contributed by atoms with van der Waals surface area (Å²) in [5, 5.41) is 5.98. The highest BCUT2D eigenvalue weighted by Crippen LogP contribution is 2.20. The van der Waals surface area contributed by atoms with Crippen molar-refractivity contribution in [1.82, 2.24) is 15.3 Å². The summed E-state index contributed by atoms with van der Waals surface area (Å²) >= 11 is 0. The van der Waals surface area contributed by atoms with E-state index in [1.54, 1.807) is 0 Å². The summed E-state index contributed by atoms with van der Waals surface area (Å²) in [4.78, 5) is 20.7. The number of anilines is 1. The van der Waals surface area contributed by atoms with Crippen molar-refractivity contribution in [1.29, 1.82) is 0 Å². The number of hydrogen-bond acceptors (Lipinski definition) is 2. The molecule has 140 valence electrons. The van der Waals surface area contributed by atoms with E-state index in [4.69, 9.17) is 0 Å². The number of hydrogen-bond donors (Lipinski definition) is 3. The number of nitrogens with one attached hydrogen (secondary N) is 3. The van der Waals surface area contributed by atoms with E-state index in [9.17, 15) is 4.79 Å². The molecule has 0 saturated carbocycles. The molecule has 1 atom stereocenters. The van der Waals surface area contributed by atoms with Gasteiger partial charge < -0.3 is 15.6 Å². The number of rotatable bonds is 5. The highest BCUT2D eigenvalue weighted by molar-refractivity contribution is 5.89. The molecular formula is C23H22N4O. The molecule has 4 aromatic rings. The number of carbonyl (C=O) groups excluding carboxylic acids is 1. The second-order valence-electron chi connectivity index (χ2n) is 6.85. The predicted molar refractivity (Wildman–Crippen MR) is 112 cm³/mol. The molecule has 3 aromatic carbocycles. The number of benzene rings is 3. The van der Waals surface area contributed by atoms with Crippen molar-refractivity contribution in [3.05, 3.63) is 95.8 Å². The number of imidazole rings is 1. The molecule has 5 heteroatoms. The lowest BCUT2D eigenvalue weighted by atomic mass is 10.1. The molecule has 0 aliphatic rings. The van der Waals surface area contributed by atoms with Crippen LogP contribution in [0, 0.1) is 6.92 Å². The van der Waals surface area contributed by atoms with Crippen LogP contribution >= 0.6 is 0 Å². The third kappa shape index (κ3) is 4.20. The molecule has 1 heterocycles. The zero-order valence-electron chi connectivity index (χ0n) is 15.6. The van der Waals surface area contributed by atoms with Crippen LogP contribution in [0.1, 0.15) is 23.0 Å². The van der Waals surface area contributed by atoms with E-state index in [1.165, 1.54) is 0 Å². The van der Waals surface area contributed by atoms with Crippen molar-refractivity contribution in [3.8, 4) is 0 Å². The van der Waals surface area contributed by atoms with Crippen LogP contribution < -0.4 is 10.6 Å². The standard InChI is InChI=1S/C23H22N4O/c1-16-8-7-11-18(14-16)24-23(28)27-21(15-17-9-3-2-4-10-17)22-25-19-12-5-6-13-20(19)26-22/h2-14,21H,15H2,1H3,(H,25,26)(H2,24,27,28). The molecule has 1 unspecified atom stereocenters. The lowest BCUT2D eigenvalue weighted by molar-refractivity contribution is 0.248. The Morgan fingerprint density at radius 3 is 2.57 bits per heavy atom. The van der Waals surface area contributed by atoms with E-state index in [1.807, 2.05) is 73.7 Å². The molecule has 0 bridgehead atoms. The van der Waals surface area contributed by atoms with Crippen molar-refractivity contribution in [2.24, 2.45) is 0 Å². The summed E-state index contributed by atoms with van der Waals surface area (Å²) in [5.74, 6) is 0.740. The number of para-hydroxylation sites is 2. The maximum atomic E-state index is 12.6. The lowest BCUT2D eigenvalue weighted by Gasteiger charge is -2.17. The first-order valence-corrected chi connectivity index (χ1v) is 9.30. The van der Waals surface area contributed by atoms with Gasteiger partial charge in [-0.1, -0.05) is 54.6 Å². The smallest absolute Gasteiger partial charge is 0.319 e. The second kappa shape index (κ2) is 7.96. The van der Waals surface area contributed by atoms with Crippen LogP contribution in [0.25, 0.3) is 11.0 Å². The van der Waals surface area contributed by atoms with Gasteiger partial charge in [-0.15, -0.1) is 0 Å². The monoisotopic (exact) mass is 370 g/mol. The molecule has 0 saturated heterocycles. The number of fused-ring (bicyclic) bond motifs is 1. The fourth-order valence-electron chi connectivity index (χ4n) is 3.25. The Bertz CT molecular complexity index is 1050. The van der Waals surface area contributed by atoms with Crippen LogP contribution in [-0.2, 0) is 6.42 Å². The van der Waals surface area contributed by atoms with E-state index in [0.717, 1.165) is 33.7 Å². The fraction of sp³-hybridized carbons (Fsp3) is 0.130. The van der Waals surface area contributed by atoms with Gasteiger partial charge in [-0.2, -0.15) is 0 Å². The van der Waals surface area contributed by atoms with E-state index in [2.05, 4.69) is 32.7 Å². The Hall–Kier alpha value is -3.60.